The lowest BCUT2D eigenvalue weighted by Gasteiger charge is -2.11. The summed E-state index contributed by atoms with van der Waals surface area (Å²) in [4.78, 5) is 15.5. The van der Waals surface area contributed by atoms with Crippen LogP contribution in [0, 0.1) is 6.92 Å². The number of hydrogen-bond donors (Lipinski definition) is 1. The molecule has 0 aliphatic rings. The molecule has 0 saturated heterocycles. The van der Waals surface area contributed by atoms with Crippen LogP contribution >= 0.6 is 11.3 Å². The fraction of sp³-hybridized carbons (Fsp3) is 0.556. The van der Waals surface area contributed by atoms with Gasteiger partial charge in [0.25, 0.3) is 0 Å². The third-order valence-corrected chi connectivity index (χ3v) is 2.88. The first kappa shape index (κ1) is 12.1. The molecule has 0 saturated carbocycles. The quantitative estimate of drug-likeness (QED) is 0.774. The van der Waals surface area contributed by atoms with Gasteiger partial charge in [-0.2, -0.15) is 0 Å². The third-order valence-electron chi connectivity index (χ3n) is 1.88. The maximum Gasteiger partial charge on any atom is 0.355 e. The molecule has 0 unspecified atom stereocenters. The summed E-state index contributed by atoms with van der Waals surface area (Å²) < 4.78 is 10.0. The van der Waals surface area contributed by atoms with Crippen molar-refractivity contribution in [3.8, 4) is 0 Å². The van der Waals surface area contributed by atoms with Crippen LogP contribution < -0.4 is 0 Å². The molecule has 0 amide bonds. The van der Waals surface area contributed by atoms with Gasteiger partial charge in [-0.05, 0) is 6.92 Å². The number of carbonyl (C=O) groups is 1. The Morgan fingerprint density at radius 2 is 2.13 bits per heavy atom. The van der Waals surface area contributed by atoms with E-state index in [1.54, 1.807) is 6.92 Å². The second kappa shape index (κ2) is 5.20. The number of aryl methyl sites for hydroxylation is 1. The molecule has 0 radical (unpaired) electrons. The van der Waals surface area contributed by atoms with Crippen LogP contribution in [0.15, 0.2) is 0 Å². The van der Waals surface area contributed by atoms with Crippen LogP contribution in [-0.2, 0) is 15.9 Å². The van der Waals surface area contributed by atoms with Crippen LogP contribution in [0.1, 0.15) is 20.4 Å². The minimum Gasteiger partial charge on any atom is -0.476 e. The number of aromatic carboxylic acids is 1. The molecule has 6 heteroatoms. The van der Waals surface area contributed by atoms with Gasteiger partial charge in [-0.1, -0.05) is 0 Å². The van der Waals surface area contributed by atoms with Gasteiger partial charge < -0.3 is 14.6 Å². The Morgan fingerprint density at radius 3 is 2.60 bits per heavy atom. The number of carboxylic acid groups (broad SMARTS) is 1. The lowest BCUT2D eigenvalue weighted by atomic mass is 10.3. The van der Waals surface area contributed by atoms with Gasteiger partial charge in [0.15, 0.2) is 12.0 Å². The zero-order chi connectivity index (χ0) is 11.4. The summed E-state index contributed by atoms with van der Waals surface area (Å²) in [5, 5.41) is 9.63. The zero-order valence-corrected chi connectivity index (χ0v) is 9.63. The van der Waals surface area contributed by atoms with E-state index < -0.39 is 12.3 Å². The molecular formula is C9H13NO4S. The van der Waals surface area contributed by atoms with Crippen molar-refractivity contribution in [1.29, 1.82) is 0 Å². The van der Waals surface area contributed by atoms with Crippen LogP contribution in [0.4, 0.5) is 0 Å². The normalized spacial score (nSPS) is 10.9. The standard InChI is InChI=1S/C9H13NO4S/c1-5-10-8(9(11)12)6(15-5)4-7(13-2)14-3/h7H,4H2,1-3H3,(H,11,12). The number of nitrogens with zero attached hydrogens (tertiary/aromatic N) is 1. The summed E-state index contributed by atoms with van der Waals surface area (Å²) in [6, 6.07) is 0. The molecule has 0 bridgehead atoms. The van der Waals surface area contributed by atoms with Crippen LogP contribution in [0.5, 0.6) is 0 Å². The summed E-state index contributed by atoms with van der Waals surface area (Å²) in [6.45, 7) is 1.77. The molecule has 0 aliphatic carbocycles. The molecule has 15 heavy (non-hydrogen) atoms. The maximum atomic E-state index is 10.9. The van der Waals surface area contributed by atoms with E-state index in [-0.39, 0.29) is 5.69 Å². The molecule has 1 aromatic rings. The van der Waals surface area contributed by atoms with Crippen LogP contribution in [0.25, 0.3) is 0 Å². The molecular weight excluding hydrogens is 218 g/mol. The molecule has 1 rings (SSSR count). The number of aromatic nitrogens is 1. The molecule has 84 valence electrons. The minimum absolute atomic E-state index is 0.0941. The average Bonchev–Trinajstić information content (AvgIpc) is 2.56. The van der Waals surface area contributed by atoms with E-state index in [9.17, 15) is 4.79 Å². The second-order valence-electron chi connectivity index (χ2n) is 2.91. The van der Waals surface area contributed by atoms with Gasteiger partial charge >= 0.3 is 5.97 Å². The van der Waals surface area contributed by atoms with Crippen molar-refractivity contribution < 1.29 is 19.4 Å². The van der Waals surface area contributed by atoms with Crippen molar-refractivity contribution in [2.45, 2.75) is 19.6 Å². The van der Waals surface area contributed by atoms with Crippen molar-refractivity contribution in [1.82, 2.24) is 4.98 Å². The van der Waals surface area contributed by atoms with Crippen molar-refractivity contribution in [2.24, 2.45) is 0 Å². The molecule has 1 heterocycles. The maximum absolute atomic E-state index is 10.9. The summed E-state index contributed by atoms with van der Waals surface area (Å²) >= 11 is 1.35. The van der Waals surface area contributed by atoms with E-state index in [0.717, 1.165) is 5.01 Å². The summed E-state index contributed by atoms with van der Waals surface area (Å²) in [7, 11) is 3.03. The molecule has 0 aliphatic heterocycles. The topological polar surface area (TPSA) is 68.7 Å². The van der Waals surface area contributed by atoms with Crippen molar-refractivity contribution in [3.63, 3.8) is 0 Å². The Bertz CT molecular complexity index is 346. The highest BCUT2D eigenvalue weighted by Gasteiger charge is 2.19. The van der Waals surface area contributed by atoms with Gasteiger partial charge in [0.1, 0.15) is 0 Å². The summed E-state index contributed by atoms with van der Waals surface area (Å²) in [5.74, 6) is -1.01. The van der Waals surface area contributed by atoms with E-state index in [1.165, 1.54) is 25.6 Å². The molecule has 0 atom stereocenters. The molecule has 0 fully saturated rings. The van der Waals surface area contributed by atoms with Gasteiger partial charge in [-0.15, -0.1) is 11.3 Å². The Morgan fingerprint density at radius 1 is 1.53 bits per heavy atom. The van der Waals surface area contributed by atoms with E-state index in [0.29, 0.717) is 11.3 Å². The number of thiazole rings is 1. The first-order chi connectivity index (χ1) is 7.08. The van der Waals surface area contributed by atoms with Gasteiger partial charge in [0.2, 0.25) is 0 Å². The minimum atomic E-state index is -1.01. The number of methoxy groups -OCH3 is 2. The number of carboxylic acids is 1. The highest BCUT2D eigenvalue weighted by Crippen LogP contribution is 2.20. The van der Waals surface area contributed by atoms with E-state index in [4.69, 9.17) is 14.6 Å². The van der Waals surface area contributed by atoms with Gasteiger partial charge in [0.05, 0.1) is 5.01 Å². The van der Waals surface area contributed by atoms with E-state index in [2.05, 4.69) is 4.98 Å². The highest BCUT2D eigenvalue weighted by atomic mass is 32.1. The second-order valence-corrected chi connectivity index (χ2v) is 4.20. The van der Waals surface area contributed by atoms with Crippen LogP contribution in [0.3, 0.4) is 0 Å². The summed E-state index contributed by atoms with van der Waals surface area (Å²) in [5.41, 5.74) is 0.0941. The van der Waals surface area contributed by atoms with E-state index in [1.807, 2.05) is 0 Å². The Labute approximate surface area is 91.7 Å². The van der Waals surface area contributed by atoms with Crippen LogP contribution in [-0.4, -0.2) is 36.6 Å². The first-order valence-corrected chi connectivity index (χ1v) is 5.15. The third kappa shape index (κ3) is 2.98. The predicted molar refractivity (Wildman–Crippen MR) is 55.3 cm³/mol. The SMILES string of the molecule is COC(Cc1sc(C)nc1C(=O)O)OC. The lowest BCUT2D eigenvalue weighted by molar-refractivity contribution is -0.0999. The van der Waals surface area contributed by atoms with Gasteiger partial charge in [0, 0.05) is 25.5 Å². The van der Waals surface area contributed by atoms with Crippen LogP contribution in [0.2, 0.25) is 0 Å². The first-order valence-electron chi connectivity index (χ1n) is 4.33. The zero-order valence-electron chi connectivity index (χ0n) is 8.81. The van der Waals surface area contributed by atoms with Gasteiger partial charge in [-0.3, -0.25) is 0 Å². The number of rotatable bonds is 5. The molecule has 1 aromatic heterocycles. The Hall–Kier alpha value is -0.980. The number of hydrogen-bond acceptors (Lipinski definition) is 5. The Kier molecular flexibility index (Phi) is 4.19. The number of ether oxygens (including phenoxy) is 2. The molecule has 0 spiro atoms. The molecule has 1 N–H and O–H groups in total. The van der Waals surface area contributed by atoms with E-state index >= 15 is 0 Å². The smallest absolute Gasteiger partial charge is 0.355 e. The van der Waals surface area contributed by atoms with Crippen molar-refractivity contribution in [3.05, 3.63) is 15.6 Å². The van der Waals surface area contributed by atoms with Gasteiger partial charge in [-0.25, -0.2) is 9.78 Å². The van der Waals surface area contributed by atoms with Crippen molar-refractivity contribution >= 4 is 17.3 Å². The summed E-state index contributed by atoms with van der Waals surface area (Å²) in [6.07, 6.45) is -0.0249. The monoisotopic (exact) mass is 231 g/mol. The fourth-order valence-corrected chi connectivity index (χ4v) is 2.13. The van der Waals surface area contributed by atoms with Crippen molar-refractivity contribution in [2.75, 3.05) is 14.2 Å². The highest BCUT2D eigenvalue weighted by molar-refractivity contribution is 7.11. The predicted octanol–water partition coefficient (Wildman–Crippen LogP) is 1.31. The largest absolute Gasteiger partial charge is 0.476 e. The fourth-order valence-electron chi connectivity index (χ4n) is 1.19. The molecule has 5 nitrogen and oxygen atoms in total. The average molecular weight is 231 g/mol. The lowest BCUT2D eigenvalue weighted by Crippen LogP contribution is -2.17. The molecule has 0 aromatic carbocycles. The Balaban J connectivity index is 2.88.